The van der Waals surface area contributed by atoms with E-state index in [0.29, 0.717) is 31.5 Å². The third-order valence-electron chi connectivity index (χ3n) is 3.67. The minimum absolute atomic E-state index is 0.155. The van der Waals surface area contributed by atoms with E-state index in [2.05, 4.69) is 10.2 Å². The smallest absolute Gasteiger partial charge is 0.221 e. The fourth-order valence-corrected chi connectivity index (χ4v) is 2.04. The number of nitrogens with one attached hydrogen (secondary N) is 1. The summed E-state index contributed by atoms with van der Waals surface area (Å²) in [4.78, 5) is 13.6. The van der Waals surface area contributed by atoms with Crippen LogP contribution >= 0.6 is 0 Å². The lowest BCUT2D eigenvalue weighted by atomic mass is 9.83. The van der Waals surface area contributed by atoms with Gasteiger partial charge in [0.05, 0.1) is 5.60 Å². The summed E-state index contributed by atoms with van der Waals surface area (Å²) < 4.78 is 0. The molecular formula is C12H22N2O2. The fraction of sp³-hybridized carbons (Fsp3) is 0.917. The van der Waals surface area contributed by atoms with Gasteiger partial charge < -0.3 is 10.4 Å². The maximum atomic E-state index is 11.4. The lowest BCUT2D eigenvalue weighted by Gasteiger charge is -2.49. The molecule has 1 saturated carbocycles. The number of rotatable bonds is 5. The summed E-state index contributed by atoms with van der Waals surface area (Å²) >= 11 is 0. The predicted octanol–water partition coefficient (Wildman–Crippen LogP) is 0.358. The van der Waals surface area contributed by atoms with Crippen molar-refractivity contribution in [3.8, 4) is 0 Å². The molecule has 92 valence electrons. The predicted molar refractivity (Wildman–Crippen MR) is 62.0 cm³/mol. The molecule has 2 fully saturated rings. The molecule has 4 nitrogen and oxygen atoms in total. The highest BCUT2D eigenvalue weighted by Crippen LogP contribution is 2.28. The van der Waals surface area contributed by atoms with Gasteiger partial charge in [0.25, 0.3) is 0 Å². The van der Waals surface area contributed by atoms with Gasteiger partial charge in [-0.1, -0.05) is 13.8 Å². The number of carbonyl (C=O) groups excluding carboxylic acids is 1. The highest BCUT2D eigenvalue weighted by Gasteiger charge is 2.43. The fourth-order valence-electron chi connectivity index (χ4n) is 2.04. The van der Waals surface area contributed by atoms with Crippen LogP contribution < -0.4 is 5.32 Å². The molecule has 4 heteroatoms. The normalized spacial score (nSPS) is 24.2. The number of hydrogen-bond acceptors (Lipinski definition) is 3. The van der Waals surface area contributed by atoms with Crippen LogP contribution in [0.4, 0.5) is 0 Å². The first kappa shape index (κ1) is 11.9. The lowest BCUT2D eigenvalue weighted by molar-refractivity contribution is -0.134. The van der Waals surface area contributed by atoms with Crippen LogP contribution in [0.2, 0.25) is 0 Å². The molecule has 0 aromatic carbocycles. The van der Waals surface area contributed by atoms with Crippen molar-refractivity contribution in [3.63, 3.8) is 0 Å². The topological polar surface area (TPSA) is 52.6 Å². The highest BCUT2D eigenvalue weighted by molar-refractivity contribution is 5.76. The van der Waals surface area contributed by atoms with E-state index in [9.17, 15) is 9.90 Å². The van der Waals surface area contributed by atoms with E-state index in [-0.39, 0.29) is 5.91 Å². The molecule has 2 N–H and O–H groups in total. The molecule has 1 heterocycles. The second-order valence-corrected chi connectivity index (χ2v) is 5.56. The number of nitrogens with zero attached hydrogens (tertiary/aromatic N) is 1. The second-order valence-electron chi connectivity index (χ2n) is 5.56. The van der Waals surface area contributed by atoms with Crippen molar-refractivity contribution in [1.29, 1.82) is 0 Å². The minimum Gasteiger partial charge on any atom is -0.387 e. The quantitative estimate of drug-likeness (QED) is 0.711. The summed E-state index contributed by atoms with van der Waals surface area (Å²) in [6.07, 6.45) is 2.84. The lowest BCUT2D eigenvalue weighted by Crippen LogP contribution is -2.64. The maximum absolute atomic E-state index is 11.4. The Balaban J connectivity index is 1.60. The van der Waals surface area contributed by atoms with E-state index in [1.807, 2.05) is 13.8 Å². The Kier molecular flexibility index (Phi) is 3.22. The number of hydrogen-bond donors (Lipinski definition) is 2. The van der Waals surface area contributed by atoms with Gasteiger partial charge >= 0.3 is 0 Å². The van der Waals surface area contributed by atoms with Crippen molar-refractivity contribution in [2.24, 2.45) is 5.92 Å². The number of aliphatic hydroxyl groups is 1. The zero-order valence-electron chi connectivity index (χ0n) is 10.2. The van der Waals surface area contributed by atoms with Gasteiger partial charge in [0.15, 0.2) is 0 Å². The summed E-state index contributed by atoms with van der Waals surface area (Å²) in [5.41, 5.74) is -0.521. The van der Waals surface area contributed by atoms with Crippen LogP contribution in [0.5, 0.6) is 0 Å². The first-order valence-corrected chi connectivity index (χ1v) is 6.24. The summed E-state index contributed by atoms with van der Waals surface area (Å²) in [5.74, 6) is 0.450. The summed E-state index contributed by atoms with van der Waals surface area (Å²) in [5, 5.41) is 13.0. The van der Waals surface area contributed by atoms with Crippen LogP contribution in [0.1, 0.15) is 33.1 Å². The molecule has 0 unspecified atom stereocenters. The molecule has 0 aromatic rings. The van der Waals surface area contributed by atoms with E-state index < -0.39 is 5.60 Å². The van der Waals surface area contributed by atoms with Gasteiger partial charge in [-0.15, -0.1) is 0 Å². The van der Waals surface area contributed by atoms with E-state index in [1.54, 1.807) is 0 Å². The molecular weight excluding hydrogens is 204 g/mol. The van der Waals surface area contributed by atoms with Crippen LogP contribution in [-0.2, 0) is 4.79 Å². The average Bonchev–Trinajstić information content (AvgIpc) is 2.93. The van der Waals surface area contributed by atoms with Crippen LogP contribution in [-0.4, -0.2) is 47.2 Å². The molecule has 0 radical (unpaired) electrons. The number of likely N-dealkylation sites (tertiary alicyclic amines) is 1. The summed E-state index contributed by atoms with van der Waals surface area (Å²) in [6.45, 7) is 6.27. The third-order valence-corrected chi connectivity index (χ3v) is 3.67. The monoisotopic (exact) mass is 226 g/mol. The SMILES string of the molecule is CC(C)C1(O)CN(CCC(=O)NC2CC2)C1. The second kappa shape index (κ2) is 4.34. The van der Waals surface area contributed by atoms with Crippen LogP contribution in [0, 0.1) is 5.92 Å². The maximum Gasteiger partial charge on any atom is 0.221 e. The molecule has 2 aliphatic rings. The van der Waals surface area contributed by atoms with Crippen molar-refractivity contribution in [1.82, 2.24) is 10.2 Å². The molecule has 1 aliphatic carbocycles. The number of carbonyl (C=O) groups is 1. The Hall–Kier alpha value is -0.610. The first-order valence-electron chi connectivity index (χ1n) is 6.24. The molecule has 0 spiro atoms. The largest absolute Gasteiger partial charge is 0.387 e. The van der Waals surface area contributed by atoms with Gasteiger partial charge in [-0.2, -0.15) is 0 Å². The van der Waals surface area contributed by atoms with Crippen molar-refractivity contribution in [2.75, 3.05) is 19.6 Å². The molecule has 1 aliphatic heterocycles. The van der Waals surface area contributed by atoms with Crippen molar-refractivity contribution >= 4 is 5.91 Å². The number of β-amino-alcohol motifs (C(OH)–C–C–N with tert-alkyl or cyclic N) is 1. The molecule has 16 heavy (non-hydrogen) atoms. The zero-order chi connectivity index (χ0) is 11.8. The van der Waals surface area contributed by atoms with Gasteiger partial charge in [0.2, 0.25) is 5.91 Å². The molecule has 1 saturated heterocycles. The molecule has 0 atom stereocenters. The Morgan fingerprint density at radius 2 is 2.12 bits per heavy atom. The summed E-state index contributed by atoms with van der Waals surface area (Å²) in [6, 6.07) is 0.455. The van der Waals surface area contributed by atoms with Gasteiger partial charge in [0.1, 0.15) is 0 Å². The van der Waals surface area contributed by atoms with Crippen LogP contribution in [0.3, 0.4) is 0 Å². The zero-order valence-corrected chi connectivity index (χ0v) is 10.2. The molecule has 2 rings (SSSR count). The standard InChI is InChI=1S/C12H22N2O2/c1-9(2)12(16)7-14(8-12)6-5-11(15)13-10-3-4-10/h9-10,16H,3-8H2,1-2H3,(H,13,15). The van der Waals surface area contributed by atoms with E-state index >= 15 is 0 Å². The molecule has 1 amide bonds. The van der Waals surface area contributed by atoms with Gasteiger partial charge in [0, 0.05) is 32.1 Å². The first-order chi connectivity index (χ1) is 7.49. The van der Waals surface area contributed by atoms with Gasteiger partial charge in [-0.25, -0.2) is 0 Å². The van der Waals surface area contributed by atoms with Crippen LogP contribution in [0.25, 0.3) is 0 Å². The highest BCUT2D eigenvalue weighted by atomic mass is 16.3. The Morgan fingerprint density at radius 1 is 1.50 bits per heavy atom. The third kappa shape index (κ3) is 2.74. The average molecular weight is 226 g/mol. The van der Waals surface area contributed by atoms with Crippen LogP contribution in [0.15, 0.2) is 0 Å². The summed E-state index contributed by atoms with van der Waals surface area (Å²) in [7, 11) is 0. The molecule has 0 aromatic heterocycles. The Labute approximate surface area is 97.0 Å². The van der Waals surface area contributed by atoms with Gasteiger partial charge in [-0.05, 0) is 18.8 Å². The van der Waals surface area contributed by atoms with Crippen molar-refractivity contribution in [2.45, 2.75) is 44.8 Å². The van der Waals surface area contributed by atoms with E-state index in [4.69, 9.17) is 0 Å². The van der Waals surface area contributed by atoms with E-state index in [0.717, 1.165) is 19.4 Å². The van der Waals surface area contributed by atoms with Crippen molar-refractivity contribution < 1.29 is 9.90 Å². The van der Waals surface area contributed by atoms with E-state index in [1.165, 1.54) is 0 Å². The Bertz CT molecular complexity index is 268. The molecule has 0 bridgehead atoms. The number of amides is 1. The van der Waals surface area contributed by atoms with Gasteiger partial charge in [-0.3, -0.25) is 9.69 Å². The Morgan fingerprint density at radius 3 is 2.62 bits per heavy atom. The minimum atomic E-state index is -0.521. The van der Waals surface area contributed by atoms with Crippen molar-refractivity contribution in [3.05, 3.63) is 0 Å².